The Bertz CT molecular complexity index is 470. The van der Waals surface area contributed by atoms with Crippen LogP contribution in [0.1, 0.15) is 26.7 Å². The van der Waals surface area contributed by atoms with E-state index in [0.29, 0.717) is 6.04 Å². The Morgan fingerprint density at radius 2 is 2.09 bits per heavy atom. The van der Waals surface area contributed by atoms with Crippen LogP contribution in [-0.2, 0) is 4.79 Å². The van der Waals surface area contributed by atoms with Crippen LogP contribution in [0.2, 0.25) is 0 Å². The molecule has 1 heterocycles. The van der Waals surface area contributed by atoms with Crippen LogP contribution < -0.4 is 15.4 Å². The molecule has 1 aromatic carbocycles. The van der Waals surface area contributed by atoms with Crippen LogP contribution in [0, 0.1) is 0 Å². The van der Waals surface area contributed by atoms with Crippen molar-refractivity contribution in [2.45, 2.75) is 48.9 Å². The number of hydrogen-bond donors (Lipinski definition) is 2. The summed E-state index contributed by atoms with van der Waals surface area (Å²) in [4.78, 5) is 13.4. The molecule has 1 amide bonds. The van der Waals surface area contributed by atoms with Gasteiger partial charge in [0.15, 0.2) is 0 Å². The third-order valence-electron chi connectivity index (χ3n) is 3.83. The molecule has 1 fully saturated rings. The molecule has 0 aromatic heterocycles. The molecule has 0 saturated carbocycles. The van der Waals surface area contributed by atoms with Crippen molar-refractivity contribution < 1.29 is 9.53 Å². The minimum absolute atomic E-state index is 0. The fraction of sp³-hybridized carbons (Fsp3) is 0.562. The third kappa shape index (κ3) is 5.38. The highest BCUT2D eigenvalue weighted by Gasteiger charge is 2.24. The predicted octanol–water partition coefficient (Wildman–Crippen LogP) is 2.85. The number of hydrogen-bond acceptors (Lipinski definition) is 4. The highest BCUT2D eigenvalue weighted by Crippen LogP contribution is 2.25. The summed E-state index contributed by atoms with van der Waals surface area (Å²) in [6, 6.07) is 8.39. The number of halogens is 1. The third-order valence-corrected chi connectivity index (χ3v) is 4.94. The predicted molar refractivity (Wildman–Crippen MR) is 94.2 cm³/mol. The highest BCUT2D eigenvalue weighted by atomic mass is 35.5. The molecular formula is C16H25ClN2O2S. The maximum absolute atomic E-state index is 12.3. The second kappa shape index (κ2) is 9.28. The van der Waals surface area contributed by atoms with Gasteiger partial charge in [0.05, 0.1) is 12.4 Å². The minimum atomic E-state index is -0.104. The smallest absolute Gasteiger partial charge is 0.233 e. The monoisotopic (exact) mass is 344 g/mol. The number of carbonyl (C=O) groups is 1. The SMILES string of the molecule is COc1ccc(SC(C)C(=O)NC2CCCNC2C)cc1.Cl. The van der Waals surface area contributed by atoms with Crippen LogP contribution in [0.15, 0.2) is 29.2 Å². The van der Waals surface area contributed by atoms with E-state index in [1.54, 1.807) is 18.9 Å². The van der Waals surface area contributed by atoms with Gasteiger partial charge < -0.3 is 15.4 Å². The molecule has 0 aliphatic carbocycles. The zero-order valence-electron chi connectivity index (χ0n) is 13.3. The topological polar surface area (TPSA) is 50.4 Å². The van der Waals surface area contributed by atoms with Crippen LogP contribution in [0.5, 0.6) is 5.75 Å². The molecule has 124 valence electrons. The first kappa shape index (κ1) is 19.1. The van der Waals surface area contributed by atoms with Gasteiger partial charge in [0.25, 0.3) is 0 Å². The quantitative estimate of drug-likeness (QED) is 0.806. The normalized spacial score (nSPS) is 22.3. The van der Waals surface area contributed by atoms with Crippen molar-refractivity contribution >= 4 is 30.1 Å². The molecule has 2 N–H and O–H groups in total. The molecule has 1 aliphatic rings. The number of piperidine rings is 1. The summed E-state index contributed by atoms with van der Waals surface area (Å²) < 4.78 is 5.14. The number of benzene rings is 1. The van der Waals surface area contributed by atoms with E-state index in [2.05, 4.69) is 17.6 Å². The maximum atomic E-state index is 12.3. The summed E-state index contributed by atoms with van der Waals surface area (Å²) in [7, 11) is 1.65. The first-order valence-electron chi connectivity index (χ1n) is 7.44. The van der Waals surface area contributed by atoms with Crippen molar-refractivity contribution in [2.75, 3.05) is 13.7 Å². The number of carbonyl (C=O) groups excluding carboxylic acids is 1. The zero-order chi connectivity index (χ0) is 15.2. The Hall–Kier alpha value is -0.910. The second-order valence-electron chi connectivity index (χ2n) is 5.44. The van der Waals surface area contributed by atoms with Crippen molar-refractivity contribution in [2.24, 2.45) is 0 Å². The lowest BCUT2D eigenvalue weighted by Crippen LogP contribution is -2.53. The summed E-state index contributed by atoms with van der Waals surface area (Å²) in [5, 5.41) is 6.46. The van der Waals surface area contributed by atoms with E-state index in [4.69, 9.17) is 4.74 Å². The summed E-state index contributed by atoms with van der Waals surface area (Å²) in [6.45, 7) is 5.13. The van der Waals surface area contributed by atoms with E-state index in [-0.39, 0.29) is 29.6 Å². The van der Waals surface area contributed by atoms with E-state index >= 15 is 0 Å². The maximum Gasteiger partial charge on any atom is 0.233 e. The lowest BCUT2D eigenvalue weighted by atomic mass is 10.00. The Labute approximate surface area is 143 Å². The van der Waals surface area contributed by atoms with Crippen molar-refractivity contribution in [3.63, 3.8) is 0 Å². The average molecular weight is 345 g/mol. The van der Waals surface area contributed by atoms with E-state index in [0.717, 1.165) is 30.0 Å². The Kier molecular flexibility index (Phi) is 8.07. The average Bonchev–Trinajstić information content (AvgIpc) is 2.50. The van der Waals surface area contributed by atoms with Gasteiger partial charge in [-0.05, 0) is 57.5 Å². The van der Waals surface area contributed by atoms with Gasteiger partial charge in [-0.25, -0.2) is 0 Å². The Morgan fingerprint density at radius 3 is 2.68 bits per heavy atom. The van der Waals surface area contributed by atoms with Gasteiger partial charge >= 0.3 is 0 Å². The van der Waals surface area contributed by atoms with Crippen LogP contribution in [0.3, 0.4) is 0 Å². The first-order chi connectivity index (χ1) is 10.1. The molecule has 0 radical (unpaired) electrons. The number of nitrogens with one attached hydrogen (secondary N) is 2. The standard InChI is InChI=1S/C16H24N2O2S.ClH/c1-11-15(5-4-10-17-11)18-16(19)12(2)21-14-8-6-13(20-3)7-9-14;/h6-9,11-12,15,17H,4-5,10H2,1-3H3,(H,18,19);1H. The lowest BCUT2D eigenvalue weighted by molar-refractivity contribution is -0.121. The molecular weight excluding hydrogens is 320 g/mol. The van der Waals surface area contributed by atoms with Crippen molar-refractivity contribution in [1.29, 1.82) is 0 Å². The van der Waals surface area contributed by atoms with E-state index < -0.39 is 0 Å². The largest absolute Gasteiger partial charge is 0.497 e. The fourth-order valence-corrected chi connectivity index (χ4v) is 3.33. The van der Waals surface area contributed by atoms with Crippen molar-refractivity contribution in [1.82, 2.24) is 10.6 Å². The Balaban J connectivity index is 0.00000242. The van der Waals surface area contributed by atoms with E-state index in [9.17, 15) is 4.79 Å². The molecule has 0 bridgehead atoms. The van der Waals surface area contributed by atoms with Crippen LogP contribution in [-0.4, -0.2) is 36.9 Å². The molecule has 22 heavy (non-hydrogen) atoms. The van der Waals surface area contributed by atoms with Crippen molar-refractivity contribution in [3.8, 4) is 5.75 Å². The molecule has 3 unspecified atom stereocenters. The number of thioether (sulfide) groups is 1. The van der Waals surface area contributed by atoms with Gasteiger partial charge in [0.2, 0.25) is 5.91 Å². The molecule has 6 heteroatoms. The molecule has 1 saturated heterocycles. The van der Waals surface area contributed by atoms with Gasteiger partial charge in [-0.1, -0.05) is 0 Å². The van der Waals surface area contributed by atoms with E-state index in [1.165, 1.54) is 0 Å². The summed E-state index contributed by atoms with van der Waals surface area (Å²) in [6.07, 6.45) is 2.18. The summed E-state index contributed by atoms with van der Waals surface area (Å²) >= 11 is 1.57. The number of methoxy groups -OCH3 is 1. The lowest BCUT2D eigenvalue weighted by Gasteiger charge is -2.31. The molecule has 2 rings (SSSR count). The van der Waals surface area contributed by atoms with Gasteiger partial charge in [-0.15, -0.1) is 24.2 Å². The summed E-state index contributed by atoms with van der Waals surface area (Å²) in [5.74, 6) is 0.940. The minimum Gasteiger partial charge on any atom is -0.497 e. The van der Waals surface area contributed by atoms with Gasteiger partial charge in [-0.2, -0.15) is 0 Å². The molecule has 0 spiro atoms. The fourth-order valence-electron chi connectivity index (χ4n) is 2.45. The molecule has 3 atom stereocenters. The van der Waals surface area contributed by atoms with Crippen LogP contribution >= 0.6 is 24.2 Å². The second-order valence-corrected chi connectivity index (χ2v) is 6.85. The van der Waals surface area contributed by atoms with Crippen LogP contribution in [0.25, 0.3) is 0 Å². The van der Waals surface area contributed by atoms with Gasteiger partial charge in [0.1, 0.15) is 5.75 Å². The van der Waals surface area contributed by atoms with E-state index in [1.807, 2.05) is 31.2 Å². The number of amides is 1. The van der Waals surface area contributed by atoms with Crippen molar-refractivity contribution in [3.05, 3.63) is 24.3 Å². The molecule has 4 nitrogen and oxygen atoms in total. The van der Waals surface area contributed by atoms with Gasteiger partial charge in [0, 0.05) is 17.0 Å². The Morgan fingerprint density at radius 1 is 1.41 bits per heavy atom. The highest BCUT2D eigenvalue weighted by molar-refractivity contribution is 8.00. The van der Waals surface area contributed by atoms with Crippen LogP contribution in [0.4, 0.5) is 0 Å². The van der Waals surface area contributed by atoms with Gasteiger partial charge in [-0.3, -0.25) is 4.79 Å². The first-order valence-corrected chi connectivity index (χ1v) is 8.32. The number of ether oxygens (including phenoxy) is 1. The molecule has 1 aliphatic heterocycles. The summed E-state index contributed by atoms with van der Waals surface area (Å²) in [5.41, 5.74) is 0. The zero-order valence-corrected chi connectivity index (χ0v) is 14.9. The molecule has 1 aromatic rings. The number of rotatable bonds is 5.